The summed E-state index contributed by atoms with van der Waals surface area (Å²) in [7, 11) is 0. The maximum atomic E-state index is 10.7. The van der Waals surface area contributed by atoms with E-state index in [-0.39, 0.29) is 5.92 Å². The van der Waals surface area contributed by atoms with Crippen LogP contribution in [-0.2, 0) is 9.59 Å². The van der Waals surface area contributed by atoms with Gasteiger partial charge in [0.1, 0.15) is 12.6 Å². The SMILES string of the molecule is CCCCC(C=O)CCCCCC=O. The molecule has 1 atom stereocenters. The van der Waals surface area contributed by atoms with Gasteiger partial charge in [0.05, 0.1) is 0 Å². The van der Waals surface area contributed by atoms with Crippen molar-refractivity contribution in [1.82, 2.24) is 0 Å². The van der Waals surface area contributed by atoms with E-state index in [1.165, 1.54) is 0 Å². The van der Waals surface area contributed by atoms with Gasteiger partial charge in [-0.05, 0) is 19.3 Å². The van der Waals surface area contributed by atoms with Crippen LogP contribution in [0.5, 0.6) is 0 Å². The Kier molecular flexibility index (Phi) is 9.93. The third-order valence-electron chi connectivity index (χ3n) is 2.52. The number of carbonyl (C=O) groups excluding carboxylic acids is 2. The van der Waals surface area contributed by atoms with Crippen molar-refractivity contribution in [2.24, 2.45) is 5.92 Å². The van der Waals surface area contributed by atoms with Gasteiger partial charge in [-0.1, -0.05) is 32.6 Å². The Balaban J connectivity index is 3.32. The maximum Gasteiger partial charge on any atom is 0.123 e. The zero-order chi connectivity index (χ0) is 10.6. The lowest BCUT2D eigenvalue weighted by Crippen LogP contribution is -2.01. The highest BCUT2D eigenvalue weighted by atomic mass is 16.1. The molecule has 82 valence electrons. The van der Waals surface area contributed by atoms with Gasteiger partial charge in [-0.25, -0.2) is 0 Å². The van der Waals surface area contributed by atoms with Crippen molar-refractivity contribution < 1.29 is 9.59 Å². The first-order valence-corrected chi connectivity index (χ1v) is 5.74. The highest BCUT2D eigenvalue weighted by Crippen LogP contribution is 2.14. The maximum absolute atomic E-state index is 10.7. The van der Waals surface area contributed by atoms with Gasteiger partial charge in [0.25, 0.3) is 0 Å². The second kappa shape index (κ2) is 10.4. The molecule has 0 amide bonds. The summed E-state index contributed by atoms with van der Waals surface area (Å²) >= 11 is 0. The summed E-state index contributed by atoms with van der Waals surface area (Å²) in [6.07, 6.45) is 10.2. The van der Waals surface area contributed by atoms with Crippen LogP contribution in [0.3, 0.4) is 0 Å². The average molecular weight is 198 g/mol. The van der Waals surface area contributed by atoms with Crippen molar-refractivity contribution in [3.05, 3.63) is 0 Å². The lowest BCUT2D eigenvalue weighted by Gasteiger charge is -2.08. The summed E-state index contributed by atoms with van der Waals surface area (Å²) in [6, 6.07) is 0. The van der Waals surface area contributed by atoms with Crippen LogP contribution >= 0.6 is 0 Å². The number of aldehydes is 2. The molecule has 0 aromatic rings. The minimum Gasteiger partial charge on any atom is -0.303 e. The fourth-order valence-corrected chi connectivity index (χ4v) is 1.56. The predicted molar refractivity (Wildman–Crippen MR) is 58.2 cm³/mol. The molecule has 0 radical (unpaired) electrons. The monoisotopic (exact) mass is 198 g/mol. The zero-order valence-electron chi connectivity index (χ0n) is 9.21. The molecule has 0 bridgehead atoms. The fraction of sp³-hybridized carbons (Fsp3) is 0.833. The van der Waals surface area contributed by atoms with Gasteiger partial charge >= 0.3 is 0 Å². The molecule has 1 unspecified atom stereocenters. The number of rotatable bonds is 10. The molecule has 2 nitrogen and oxygen atoms in total. The van der Waals surface area contributed by atoms with E-state index in [1.807, 2.05) is 0 Å². The topological polar surface area (TPSA) is 34.1 Å². The Morgan fingerprint density at radius 2 is 1.71 bits per heavy atom. The van der Waals surface area contributed by atoms with Crippen LogP contribution in [0.2, 0.25) is 0 Å². The largest absolute Gasteiger partial charge is 0.303 e. The van der Waals surface area contributed by atoms with E-state index in [9.17, 15) is 9.59 Å². The smallest absolute Gasteiger partial charge is 0.123 e. The van der Waals surface area contributed by atoms with Gasteiger partial charge in [-0.15, -0.1) is 0 Å². The molecule has 0 heterocycles. The van der Waals surface area contributed by atoms with Gasteiger partial charge in [0.15, 0.2) is 0 Å². The van der Waals surface area contributed by atoms with Crippen LogP contribution in [0.4, 0.5) is 0 Å². The third kappa shape index (κ3) is 7.96. The molecule has 0 spiro atoms. The summed E-state index contributed by atoms with van der Waals surface area (Å²) in [5.41, 5.74) is 0. The summed E-state index contributed by atoms with van der Waals surface area (Å²) in [4.78, 5) is 20.7. The van der Waals surface area contributed by atoms with E-state index in [2.05, 4.69) is 6.92 Å². The van der Waals surface area contributed by atoms with Crippen molar-refractivity contribution in [3.8, 4) is 0 Å². The molecule has 0 rings (SSSR count). The molecule has 0 aromatic heterocycles. The molecule has 0 N–H and O–H groups in total. The molecule has 2 heteroatoms. The molecule has 0 aliphatic heterocycles. The van der Waals surface area contributed by atoms with Crippen molar-refractivity contribution >= 4 is 12.6 Å². The molecule has 14 heavy (non-hydrogen) atoms. The van der Waals surface area contributed by atoms with Gasteiger partial charge in [-0.3, -0.25) is 0 Å². The van der Waals surface area contributed by atoms with Crippen LogP contribution in [0.15, 0.2) is 0 Å². The first kappa shape index (κ1) is 13.3. The van der Waals surface area contributed by atoms with Crippen LogP contribution in [-0.4, -0.2) is 12.6 Å². The molecular weight excluding hydrogens is 176 g/mol. The number of carbonyl (C=O) groups is 2. The van der Waals surface area contributed by atoms with Crippen LogP contribution < -0.4 is 0 Å². The molecule has 0 aromatic carbocycles. The first-order chi connectivity index (χ1) is 6.85. The van der Waals surface area contributed by atoms with E-state index < -0.39 is 0 Å². The number of hydrogen-bond donors (Lipinski definition) is 0. The normalized spacial score (nSPS) is 12.4. The minimum atomic E-state index is 0.256. The Bertz CT molecular complexity index is 143. The van der Waals surface area contributed by atoms with E-state index in [4.69, 9.17) is 0 Å². The van der Waals surface area contributed by atoms with Gasteiger partial charge in [0.2, 0.25) is 0 Å². The van der Waals surface area contributed by atoms with E-state index in [1.54, 1.807) is 0 Å². The Labute approximate surface area is 87.1 Å². The van der Waals surface area contributed by atoms with Gasteiger partial charge in [0, 0.05) is 12.3 Å². The average Bonchev–Trinajstić information content (AvgIpc) is 2.22. The lowest BCUT2D eigenvalue weighted by molar-refractivity contribution is -0.111. The Morgan fingerprint density at radius 3 is 2.29 bits per heavy atom. The first-order valence-electron chi connectivity index (χ1n) is 5.74. The van der Waals surface area contributed by atoms with Crippen molar-refractivity contribution in [3.63, 3.8) is 0 Å². The highest BCUT2D eigenvalue weighted by Gasteiger charge is 2.05. The van der Waals surface area contributed by atoms with Crippen molar-refractivity contribution in [2.45, 2.75) is 58.3 Å². The molecule has 0 aliphatic carbocycles. The highest BCUT2D eigenvalue weighted by molar-refractivity contribution is 5.53. The number of unbranched alkanes of at least 4 members (excludes halogenated alkanes) is 4. The van der Waals surface area contributed by atoms with Crippen LogP contribution in [0, 0.1) is 5.92 Å². The zero-order valence-corrected chi connectivity index (χ0v) is 9.21. The summed E-state index contributed by atoms with van der Waals surface area (Å²) in [5.74, 6) is 0.256. The van der Waals surface area contributed by atoms with Crippen molar-refractivity contribution in [2.75, 3.05) is 0 Å². The van der Waals surface area contributed by atoms with Gasteiger partial charge < -0.3 is 9.59 Å². The summed E-state index contributed by atoms with van der Waals surface area (Å²) < 4.78 is 0. The second-order valence-electron chi connectivity index (χ2n) is 3.84. The molecular formula is C12H22O2. The predicted octanol–water partition coefficient (Wildman–Crippen LogP) is 3.14. The van der Waals surface area contributed by atoms with E-state index in [0.29, 0.717) is 6.42 Å². The number of hydrogen-bond acceptors (Lipinski definition) is 2. The molecule has 0 saturated heterocycles. The van der Waals surface area contributed by atoms with Crippen molar-refractivity contribution in [1.29, 1.82) is 0 Å². The van der Waals surface area contributed by atoms with Crippen LogP contribution in [0.1, 0.15) is 58.3 Å². The lowest BCUT2D eigenvalue weighted by atomic mass is 9.97. The third-order valence-corrected chi connectivity index (χ3v) is 2.52. The van der Waals surface area contributed by atoms with E-state index >= 15 is 0 Å². The molecule has 0 fully saturated rings. The summed E-state index contributed by atoms with van der Waals surface area (Å²) in [5, 5.41) is 0. The van der Waals surface area contributed by atoms with Crippen LogP contribution in [0.25, 0.3) is 0 Å². The molecule has 0 aliphatic rings. The molecule has 0 saturated carbocycles. The quantitative estimate of drug-likeness (QED) is 0.399. The Hall–Kier alpha value is -0.660. The fourth-order valence-electron chi connectivity index (χ4n) is 1.56. The van der Waals surface area contributed by atoms with E-state index in [0.717, 1.165) is 57.5 Å². The van der Waals surface area contributed by atoms with Gasteiger partial charge in [-0.2, -0.15) is 0 Å². The second-order valence-corrected chi connectivity index (χ2v) is 3.84. The Morgan fingerprint density at radius 1 is 1.00 bits per heavy atom. The standard InChI is InChI=1S/C12H22O2/c1-2-3-8-12(11-14)9-6-4-5-7-10-13/h10-12H,2-9H2,1H3. The summed E-state index contributed by atoms with van der Waals surface area (Å²) in [6.45, 7) is 2.14. The minimum absolute atomic E-state index is 0.256.